The minimum atomic E-state index is -3.44. The van der Waals surface area contributed by atoms with Crippen LogP contribution in [0.15, 0.2) is 29.2 Å². The van der Waals surface area contributed by atoms with Gasteiger partial charge in [-0.1, -0.05) is 0 Å². The first kappa shape index (κ1) is 19.2. The van der Waals surface area contributed by atoms with Crippen molar-refractivity contribution in [2.45, 2.75) is 37.7 Å². The molecule has 1 aromatic rings. The van der Waals surface area contributed by atoms with Crippen molar-refractivity contribution in [3.63, 3.8) is 0 Å². The Labute approximate surface area is 139 Å². The van der Waals surface area contributed by atoms with Crippen molar-refractivity contribution in [2.24, 2.45) is 5.92 Å². The highest BCUT2D eigenvalue weighted by Crippen LogP contribution is 2.17. The summed E-state index contributed by atoms with van der Waals surface area (Å²) in [5.74, 6) is 1.05. The van der Waals surface area contributed by atoms with Crippen molar-refractivity contribution in [2.75, 3.05) is 19.6 Å². The molecule has 1 heterocycles. The lowest BCUT2D eigenvalue weighted by atomic mass is 10.0. The highest BCUT2D eigenvalue weighted by molar-refractivity contribution is 7.89. The van der Waals surface area contributed by atoms with Gasteiger partial charge >= 0.3 is 0 Å². The van der Waals surface area contributed by atoms with Crippen LogP contribution in [-0.2, 0) is 10.0 Å². The molecule has 0 bridgehead atoms. The molecule has 1 unspecified atom stereocenters. The molecular formula is C15H25ClN2O3S. The Morgan fingerprint density at radius 1 is 1.32 bits per heavy atom. The molecule has 2 rings (SSSR count). The summed E-state index contributed by atoms with van der Waals surface area (Å²) in [7, 11) is -3.44. The molecule has 22 heavy (non-hydrogen) atoms. The van der Waals surface area contributed by atoms with Gasteiger partial charge in [0, 0.05) is 6.54 Å². The molecule has 126 valence electrons. The Balaban J connectivity index is 0.00000242. The number of nitrogens with one attached hydrogen (secondary N) is 2. The van der Waals surface area contributed by atoms with Crippen molar-refractivity contribution in [1.29, 1.82) is 0 Å². The molecule has 0 aromatic heterocycles. The SMILES string of the molecule is CC(C)Oc1ccc(S(=O)(=O)NCC2CCCNC2)cc1.Cl. The maximum absolute atomic E-state index is 12.2. The fourth-order valence-electron chi connectivity index (χ4n) is 2.38. The molecule has 0 spiro atoms. The van der Waals surface area contributed by atoms with Crippen LogP contribution in [0, 0.1) is 5.92 Å². The fourth-order valence-corrected chi connectivity index (χ4v) is 3.49. The molecular weight excluding hydrogens is 324 g/mol. The Morgan fingerprint density at radius 2 is 2.00 bits per heavy atom. The predicted molar refractivity (Wildman–Crippen MR) is 90.2 cm³/mol. The zero-order chi connectivity index (χ0) is 15.3. The van der Waals surface area contributed by atoms with Crippen LogP contribution in [0.1, 0.15) is 26.7 Å². The molecule has 0 aliphatic carbocycles. The van der Waals surface area contributed by atoms with Crippen molar-refractivity contribution in [1.82, 2.24) is 10.0 Å². The first-order valence-electron chi connectivity index (χ1n) is 7.44. The van der Waals surface area contributed by atoms with Crippen molar-refractivity contribution >= 4 is 22.4 Å². The number of hydrogen-bond acceptors (Lipinski definition) is 4. The summed E-state index contributed by atoms with van der Waals surface area (Å²) < 4.78 is 32.7. The molecule has 2 N–H and O–H groups in total. The van der Waals surface area contributed by atoms with E-state index in [9.17, 15) is 8.42 Å². The summed E-state index contributed by atoms with van der Waals surface area (Å²) in [6, 6.07) is 6.55. The van der Waals surface area contributed by atoms with Gasteiger partial charge in [0.15, 0.2) is 0 Å². The normalized spacial score (nSPS) is 18.8. The molecule has 1 saturated heterocycles. The van der Waals surface area contributed by atoms with E-state index in [1.54, 1.807) is 24.3 Å². The van der Waals surface area contributed by atoms with E-state index in [1.807, 2.05) is 13.8 Å². The summed E-state index contributed by atoms with van der Waals surface area (Å²) in [5, 5.41) is 3.29. The second kappa shape index (κ2) is 8.72. The van der Waals surface area contributed by atoms with Crippen molar-refractivity contribution in [3.8, 4) is 5.75 Å². The van der Waals surface area contributed by atoms with Crippen molar-refractivity contribution < 1.29 is 13.2 Å². The highest BCUT2D eigenvalue weighted by atomic mass is 35.5. The third kappa shape index (κ3) is 5.76. The van der Waals surface area contributed by atoms with Gasteiger partial charge in [-0.25, -0.2) is 13.1 Å². The second-order valence-corrected chi connectivity index (χ2v) is 7.47. The predicted octanol–water partition coefficient (Wildman–Crippen LogP) is 2.17. The number of benzene rings is 1. The minimum absolute atomic E-state index is 0. The lowest BCUT2D eigenvalue weighted by Gasteiger charge is -2.22. The standard InChI is InChI=1S/C15H24N2O3S.ClH/c1-12(2)20-14-5-7-15(8-6-14)21(18,19)17-11-13-4-3-9-16-10-13;/h5-8,12-13,16-17H,3-4,9-11H2,1-2H3;1H. The maximum Gasteiger partial charge on any atom is 0.240 e. The van der Waals surface area contributed by atoms with Gasteiger partial charge < -0.3 is 10.1 Å². The second-order valence-electron chi connectivity index (χ2n) is 5.70. The van der Waals surface area contributed by atoms with E-state index in [2.05, 4.69) is 10.0 Å². The lowest BCUT2D eigenvalue weighted by molar-refractivity contribution is 0.242. The molecule has 7 heteroatoms. The van der Waals surface area contributed by atoms with Crippen LogP contribution in [-0.4, -0.2) is 34.2 Å². The topological polar surface area (TPSA) is 67.4 Å². The zero-order valence-corrected chi connectivity index (χ0v) is 14.7. The molecule has 1 aliphatic rings. The summed E-state index contributed by atoms with van der Waals surface area (Å²) in [5.41, 5.74) is 0. The molecule has 0 saturated carbocycles. The van der Waals surface area contributed by atoms with Crippen molar-refractivity contribution in [3.05, 3.63) is 24.3 Å². The molecule has 0 amide bonds. The van der Waals surface area contributed by atoms with Crippen LogP contribution in [0.25, 0.3) is 0 Å². The van der Waals surface area contributed by atoms with Gasteiger partial charge in [0.25, 0.3) is 0 Å². The van der Waals surface area contributed by atoms with Crippen LogP contribution >= 0.6 is 12.4 Å². The summed E-state index contributed by atoms with van der Waals surface area (Å²) in [4.78, 5) is 0.280. The number of ether oxygens (including phenoxy) is 1. The quantitative estimate of drug-likeness (QED) is 0.826. The number of sulfonamides is 1. The van der Waals surface area contributed by atoms with Gasteiger partial charge in [-0.15, -0.1) is 12.4 Å². The summed E-state index contributed by atoms with van der Waals surface area (Å²) >= 11 is 0. The largest absolute Gasteiger partial charge is 0.491 e. The first-order chi connectivity index (χ1) is 9.97. The van der Waals surface area contributed by atoms with E-state index >= 15 is 0 Å². The van der Waals surface area contributed by atoms with Gasteiger partial charge in [0.2, 0.25) is 10.0 Å². The lowest BCUT2D eigenvalue weighted by Crippen LogP contribution is -2.38. The molecule has 1 aliphatic heterocycles. The average Bonchev–Trinajstić information content (AvgIpc) is 2.46. The Hall–Kier alpha value is -0.820. The van der Waals surface area contributed by atoms with E-state index in [-0.39, 0.29) is 23.4 Å². The van der Waals surface area contributed by atoms with Crippen LogP contribution in [0.2, 0.25) is 0 Å². The Bertz CT molecular complexity index is 540. The number of halogens is 1. The first-order valence-corrected chi connectivity index (χ1v) is 8.93. The Morgan fingerprint density at radius 3 is 2.55 bits per heavy atom. The van der Waals surface area contributed by atoms with Gasteiger partial charge in [0.05, 0.1) is 11.0 Å². The summed E-state index contributed by atoms with van der Waals surface area (Å²) in [6.07, 6.45) is 2.24. The summed E-state index contributed by atoms with van der Waals surface area (Å²) in [6.45, 7) is 6.26. The van der Waals surface area contributed by atoms with E-state index < -0.39 is 10.0 Å². The highest BCUT2D eigenvalue weighted by Gasteiger charge is 2.18. The number of rotatable bonds is 6. The van der Waals surface area contributed by atoms with Gasteiger partial charge in [0.1, 0.15) is 5.75 Å². The van der Waals surface area contributed by atoms with E-state index in [1.165, 1.54) is 0 Å². The average molecular weight is 349 g/mol. The van der Waals surface area contributed by atoms with Gasteiger partial charge in [-0.05, 0) is 70.0 Å². The molecule has 1 fully saturated rings. The van der Waals surface area contributed by atoms with Crippen LogP contribution in [0.5, 0.6) is 5.75 Å². The third-order valence-electron chi connectivity index (χ3n) is 3.47. The zero-order valence-electron chi connectivity index (χ0n) is 13.0. The van der Waals surface area contributed by atoms with Crippen LogP contribution in [0.4, 0.5) is 0 Å². The van der Waals surface area contributed by atoms with Gasteiger partial charge in [-0.3, -0.25) is 0 Å². The minimum Gasteiger partial charge on any atom is -0.491 e. The maximum atomic E-state index is 12.2. The monoisotopic (exact) mass is 348 g/mol. The third-order valence-corrected chi connectivity index (χ3v) is 4.91. The fraction of sp³-hybridized carbons (Fsp3) is 0.600. The molecule has 0 radical (unpaired) electrons. The van der Waals surface area contributed by atoms with E-state index in [4.69, 9.17) is 4.74 Å². The Kier molecular flexibility index (Phi) is 7.62. The van der Waals surface area contributed by atoms with Crippen LogP contribution in [0.3, 0.4) is 0 Å². The number of hydrogen-bond donors (Lipinski definition) is 2. The van der Waals surface area contributed by atoms with E-state index in [0.29, 0.717) is 18.2 Å². The number of piperidine rings is 1. The van der Waals surface area contributed by atoms with Crippen LogP contribution < -0.4 is 14.8 Å². The smallest absolute Gasteiger partial charge is 0.240 e. The molecule has 1 aromatic carbocycles. The van der Waals surface area contributed by atoms with E-state index in [0.717, 1.165) is 25.9 Å². The molecule has 1 atom stereocenters. The van der Waals surface area contributed by atoms with Gasteiger partial charge in [-0.2, -0.15) is 0 Å². The molecule has 5 nitrogen and oxygen atoms in total.